The number of carbonyl (C=O) groups is 1. The largest absolute Gasteiger partial charge is 0.481 e. The quantitative estimate of drug-likeness (QED) is 0.676. The summed E-state index contributed by atoms with van der Waals surface area (Å²) >= 11 is 0. The molecule has 0 aromatic heterocycles. The Hall–Kier alpha value is -0.570. The molecule has 0 saturated heterocycles. The highest BCUT2D eigenvalue weighted by molar-refractivity contribution is 5.74. The molecular weight excluding hydrogens is 190 g/mol. The Morgan fingerprint density at radius 1 is 1.27 bits per heavy atom. The zero-order chi connectivity index (χ0) is 11.9. The first-order valence-electron chi connectivity index (χ1n) is 5.94. The normalized spacial score (nSPS) is 12.1. The van der Waals surface area contributed by atoms with Crippen LogP contribution in [0.3, 0.4) is 0 Å². The minimum Gasteiger partial charge on any atom is -0.481 e. The van der Waals surface area contributed by atoms with E-state index in [-0.39, 0.29) is 0 Å². The molecule has 3 heteroatoms. The first-order chi connectivity index (χ1) is 7.02. The molecule has 0 radical (unpaired) electrons. The molecule has 0 atom stereocenters. The summed E-state index contributed by atoms with van der Waals surface area (Å²) in [5.41, 5.74) is -0.553. The third kappa shape index (κ3) is 4.20. The predicted octanol–water partition coefficient (Wildman–Crippen LogP) is 2.61. The number of carboxylic acid groups (broad SMARTS) is 1. The maximum Gasteiger partial charge on any atom is 0.310 e. The van der Waals surface area contributed by atoms with Crippen molar-refractivity contribution in [3.63, 3.8) is 0 Å². The Bertz CT molecular complexity index is 188. The Balaban J connectivity index is 4.33. The van der Waals surface area contributed by atoms with Gasteiger partial charge in [0, 0.05) is 6.54 Å². The minimum absolute atomic E-state index is 0.553. The van der Waals surface area contributed by atoms with E-state index in [0.717, 1.165) is 19.4 Å². The highest BCUT2D eigenvalue weighted by Gasteiger charge is 2.35. The second kappa shape index (κ2) is 6.83. The molecule has 15 heavy (non-hydrogen) atoms. The highest BCUT2D eigenvalue weighted by atomic mass is 16.4. The molecule has 90 valence electrons. The molecule has 0 aliphatic carbocycles. The van der Waals surface area contributed by atoms with Gasteiger partial charge >= 0.3 is 5.97 Å². The number of carboxylic acids is 1. The van der Waals surface area contributed by atoms with Crippen LogP contribution < -0.4 is 0 Å². The molecule has 0 amide bonds. The van der Waals surface area contributed by atoms with E-state index in [1.54, 1.807) is 0 Å². The average Bonchev–Trinajstić information content (AvgIpc) is 2.22. The van der Waals surface area contributed by atoms with Crippen LogP contribution in [0, 0.1) is 5.41 Å². The van der Waals surface area contributed by atoms with Gasteiger partial charge in [-0.05, 0) is 32.9 Å². The first-order valence-corrected chi connectivity index (χ1v) is 5.94. The van der Waals surface area contributed by atoms with Crippen molar-refractivity contribution in [1.29, 1.82) is 0 Å². The first kappa shape index (κ1) is 14.4. The van der Waals surface area contributed by atoms with Crippen LogP contribution in [0.2, 0.25) is 0 Å². The Morgan fingerprint density at radius 3 is 2.13 bits per heavy atom. The number of unbranched alkanes of at least 4 members (excludes halogenated alkanes) is 1. The number of hydrogen-bond acceptors (Lipinski definition) is 2. The van der Waals surface area contributed by atoms with Crippen molar-refractivity contribution in [2.45, 2.75) is 46.5 Å². The highest BCUT2D eigenvalue weighted by Crippen LogP contribution is 2.27. The zero-order valence-electron chi connectivity index (χ0n) is 10.5. The smallest absolute Gasteiger partial charge is 0.310 e. The second-order valence-electron chi connectivity index (χ2n) is 4.38. The van der Waals surface area contributed by atoms with Crippen molar-refractivity contribution >= 4 is 5.97 Å². The van der Waals surface area contributed by atoms with Gasteiger partial charge in [-0.2, -0.15) is 0 Å². The molecule has 0 aromatic rings. The van der Waals surface area contributed by atoms with Crippen LogP contribution in [0.25, 0.3) is 0 Å². The summed E-state index contributed by atoms with van der Waals surface area (Å²) in [6, 6.07) is 0. The van der Waals surface area contributed by atoms with Crippen LogP contribution in [0.1, 0.15) is 46.5 Å². The summed E-state index contributed by atoms with van der Waals surface area (Å²) in [6.07, 6.45) is 3.70. The molecule has 0 aromatic carbocycles. The summed E-state index contributed by atoms with van der Waals surface area (Å²) in [7, 11) is 2.01. The van der Waals surface area contributed by atoms with Gasteiger partial charge in [-0.1, -0.05) is 27.2 Å². The van der Waals surface area contributed by atoms with Crippen molar-refractivity contribution in [3.05, 3.63) is 0 Å². The minimum atomic E-state index is -0.657. The number of rotatable bonds is 8. The van der Waals surface area contributed by atoms with Gasteiger partial charge in [0.15, 0.2) is 0 Å². The lowest BCUT2D eigenvalue weighted by Crippen LogP contribution is -2.41. The summed E-state index contributed by atoms with van der Waals surface area (Å²) < 4.78 is 0. The molecule has 0 aliphatic rings. The van der Waals surface area contributed by atoms with Crippen LogP contribution in [0.5, 0.6) is 0 Å². The van der Waals surface area contributed by atoms with Gasteiger partial charge in [-0.3, -0.25) is 4.79 Å². The molecule has 0 aliphatic heterocycles. The predicted molar refractivity (Wildman–Crippen MR) is 63.1 cm³/mol. The molecular formula is C12H25NO2. The van der Waals surface area contributed by atoms with Gasteiger partial charge in [0.05, 0.1) is 5.41 Å². The van der Waals surface area contributed by atoms with Gasteiger partial charge in [0.2, 0.25) is 0 Å². The maximum absolute atomic E-state index is 11.3. The Labute approximate surface area is 93.5 Å². The van der Waals surface area contributed by atoms with Gasteiger partial charge in [-0.25, -0.2) is 0 Å². The third-order valence-corrected chi connectivity index (χ3v) is 3.27. The lowest BCUT2D eigenvalue weighted by atomic mass is 9.82. The van der Waals surface area contributed by atoms with E-state index in [2.05, 4.69) is 11.8 Å². The van der Waals surface area contributed by atoms with Gasteiger partial charge in [-0.15, -0.1) is 0 Å². The van der Waals surface area contributed by atoms with Gasteiger partial charge < -0.3 is 10.0 Å². The molecule has 0 heterocycles. The van der Waals surface area contributed by atoms with E-state index in [1.807, 2.05) is 20.9 Å². The second-order valence-corrected chi connectivity index (χ2v) is 4.38. The van der Waals surface area contributed by atoms with Crippen LogP contribution >= 0.6 is 0 Å². The van der Waals surface area contributed by atoms with Gasteiger partial charge in [0.25, 0.3) is 0 Å². The standard InChI is InChI=1S/C12H25NO2/c1-5-8-9-13(4)10-12(6-2,7-3)11(14)15/h5-10H2,1-4H3,(H,14,15). The van der Waals surface area contributed by atoms with Crippen molar-refractivity contribution in [2.75, 3.05) is 20.1 Å². The topological polar surface area (TPSA) is 40.5 Å². The number of aliphatic carboxylic acids is 1. The van der Waals surface area contributed by atoms with Gasteiger partial charge in [0.1, 0.15) is 0 Å². The molecule has 0 rings (SSSR count). The molecule has 0 spiro atoms. The van der Waals surface area contributed by atoms with Crippen molar-refractivity contribution in [1.82, 2.24) is 4.90 Å². The van der Waals surface area contributed by atoms with Crippen molar-refractivity contribution < 1.29 is 9.90 Å². The van der Waals surface area contributed by atoms with E-state index < -0.39 is 11.4 Å². The summed E-state index contributed by atoms with van der Waals surface area (Å²) in [5.74, 6) is -0.657. The molecule has 1 N–H and O–H groups in total. The van der Waals surface area contributed by atoms with E-state index >= 15 is 0 Å². The molecule has 0 saturated carbocycles. The fourth-order valence-corrected chi connectivity index (χ4v) is 1.87. The Morgan fingerprint density at radius 2 is 1.80 bits per heavy atom. The molecule has 0 bridgehead atoms. The summed E-state index contributed by atoms with van der Waals surface area (Å²) in [6.45, 7) is 7.73. The van der Waals surface area contributed by atoms with Crippen LogP contribution in [-0.2, 0) is 4.79 Å². The number of hydrogen-bond donors (Lipinski definition) is 1. The van der Waals surface area contributed by atoms with Crippen LogP contribution in [0.15, 0.2) is 0 Å². The van der Waals surface area contributed by atoms with Crippen LogP contribution in [0.4, 0.5) is 0 Å². The summed E-state index contributed by atoms with van der Waals surface area (Å²) in [5, 5.41) is 9.27. The third-order valence-electron chi connectivity index (χ3n) is 3.27. The summed E-state index contributed by atoms with van der Waals surface area (Å²) in [4.78, 5) is 13.4. The van der Waals surface area contributed by atoms with E-state index in [4.69, 9.17) is 0 Å². The SMILES string of the molecule is CCCCN(C)CC(CC)(CC)C(=O)O. The van der Waals surface area contributed by atoms with Crippen molar-refractivity contribution in [2.24, 2.45) is 5.41 Å². The van der Waals surface area contributed by atoms with E-state index in [0.29, 0.717) is 19.4 Å². The van der Waals surface area contributed by atoms with Crippen molar-refractivity contribution in [3.8, 4) is 0 Å². The monoisotopic (exact) mass is 215 g/mol. The van der Waals surface area contributed by atoms with E-state index in [1.165, 1.54) is 0 Å². The zero-order valence-corrected chi connectivity index (χ0v) is 10.5. The lowest BCUT2D eigenvalue weighted by Gasteiger charge is -2.31. The maximum atomic E-state index is 11.3. The molecule has 0 fully saturated rings. The van der Waals surface area contributed by atoms with Crippen LogP contribution in [-0.4, -0.2) is 36.1 Å². The fraction of sp³-hybridized carbons (Fsp3) is 0.917. The Kier molecular flexibility index (Phi) is 6.57. The lowest BCUT2D eigenvalue weighted by molar-refractivity contribution is -0.150. The molecule has 3 nitrogen and oxygen atoms in total. The van der Waals surface area contributed by atoms with E-state index in [9.17, 15) is 9.90 Å². The average molecular weight is 215 g/mol. The fourth-order valence-electron chi connectivity index (χ4n) is 1.87. The number of nitrogens with zero attached hydrogens (tertiary/aromatic N) is 1. The molecule has 0 unspecified atom stereocenters.